The van der Waals surface area contributed by atoms with Crippen LogP contribution in [0.5, 0.6) is 0 Å². The molecule has 1 fully saturated rings. The summed E-state index contributed by atoms with van der Waals surface area (Å²) in [5, 5.41) is 0. The van der Waals surface area contributed by atoms with Crippen molar-refractivity contribution in [1.82, 2.24) is 4.90 Å². The smallest absolute Gasteiger partial charge is 0.0655 e. The van der Waals surface area contributed by atoms with Gasteiger partial charge in [-0.05, 0) is 6.42 Å². The maximum absolute atomic E-state index is 5.29. The Hall–Kier alpha value is -0.600. The first-order valence-electron chi connectivity index (χ1n) is 4.48. The van der Waals surface area contributed by atoms with Crippen molar-refractivity contribution in [1.29, 1.82) is 0 Å². The molecule has 1 aliphatic heterocycles. The summed E-state index contributed by atoms with van der Waals surface area (Å²) in [4.78, 5) is 2.41. The second-order valence-electron chi connectivity index (χ2n) is 3.08. The minimum Gasteiger partial charge on any atom is -0.379 e. The summed E-state index contributed by atoms with van der Waals surface area (Å²) >= 11 is 0. The molecule has 65 valence electrons. The van der Waals surface area contributed by atoms with Crippen molar-refractivity contribution in [2.24, 2.45) is 0 Å². The molecule has 1 aliphatic carbocycles. The normalized spacial score (nSPS) is 26.3. The molecule has 1 saturated heterocycles. The Labute approximate surface area is 73.5 Å². The van der Waals surface area contributed by atoms with Crippen LogP contribution in [-0.2, 0) is 4.74 Å². The minimum absolute atomic E-state index is 0.876. The van der Waals surface area contributed by atoms with E-state index in [1.54, 1.807) is 0 Å². The summed E-state index contributed by atoms with van der Waals surface area (Å²) in [6.07, 6.45) is 9.69. The Balaban J connectivity index is 1.90. The van der Waals surface area contributed by atoms with Crippen LogP contribution in [0.4, 0.5) is 0 Å². The van der Waals surface area contributed by atoms with Crippen LogP contribution in [0.3, 0.4) is 0 Å². The quantitative estimate of drug-likeness (QED) is 0.580. The number of hydrogen-bond acceptors (Lipinski definition) is 2. The van der Waals surface area contributed by atoms with Gasteiger partial charge in [0.25, 0.3) is 0 Å². The molecule has 0 spiro atoms. The summed E-state index contributed by atoms with van der Waals surface area (Å²) in [7, 11) is 0. The summed E-state index contributed by atoms with van der Waals surface area (Å²) in [6, 6.07) is 1.43. The van der Waals surface area contributed by atoms with E-state index in [1.807, 2.05) is 0 Å². The summed E-state index contributed by atoms with van der Waals surface area (Å²) < 4.78 is 5.29. The zero-order chi connectivity index (χ0) is 8.23. The van der Waals surface area contributed by atoms with Crippen LogP contribution in [0.25, 0.3) is 0 Å². The van der Waals surface area contributed by atoms with Crippen LogP contribution < -0.4 is 0 Å². The molecule has 0 amide bonds. The minimum atomic E-state index is 0.876. The zero-order valence-corrected chi connectivity index (χ0v) is 7.20. The van der Waals surface area contributed by atoms with Crippen molar-refractivity contribution in [2.45, 2.75) is 6.42 Å². The molecule has 0 aromatic heterocycles. The van der Waals surface area contributed by atoms with Gasteiger partial charge in [-0.15, -0.1) is 0 Å². The van der Waals surface area contributed by atoms with Gasteiger partial charge in [0.2, 0.25) is 0 Å². The molecule has 1 heterocycles. The van der Waals surface area contributed by atoms with Crippen LogP contribution in [-0.4, -0.2) is 31.2 Å². The van der Waals surface area contributed by atoms with Crippen molar-refractivity contribution in [3.63, 3.8) is 0 Å². The third kappa shape index (κ3) is 1.76. The highest BCUT2D eigenvalue weighted by Crippen LogP contribution is 2.19. The third-order valence-electron chi connectivity index (χ3n) is 2.28. The lowest BCUT2D eigenvalue weighted by Crippen LogP contribution is -2.38. The fourth-order valence-corrected chi connectivity index (χ4v) is 1.59. The number of morpholine rings is 1. The number of ether oxygens (including phenoxy) is 1. The SMILES string of the molecule is C1=CC[C](N2CCOCC2)C=C1. The van der Waals surface area contributed by atoms with Gasteiger partial charge in [-0.2, -0.15) is 0 Å². The van der Waals surface area contributed by atoms with Crippen LogP contribution >= 0.6 is 0 Å². The largest absolute Gasteiger partial charge is 0.379 e. The van der Waals surface area contributed by atoms with Gasteiger partial charge in [0.05, 0.1) is 19.3 Å². The Morgan fingerprint density at radius 1 is 1.17 bits per heavy atom. The van der Waals surface area contributed by atoms with Crippen molar-refractivity contribution in [2.75, 3.05) is 26.3 Å². The van der Waals surface area contributed by atoms with E-state index >= 15 is 0 Å². The van der Waals surface area contributed by atoms with Crippen molar-refractivity contribution >= 4 is 0 Å². The first-order valence-corrected chi connectivity index (χ1v) is 4.48. The number of nitrogens with zero attached hydrogens (tertiary/aromatic N) is 1. The van der Waals surface area contributed by atoms with E-state index in [4.69, 9.17) is 4.74 Å². The molecule has 1 radical (unpaired) electrons. The van der Waals surface area contributed by atoms with Crippen molar-refractivity contribution < 1.29 is 4.74 Å². The standard InChI is InChI=1S/C10H14NO/c1-2-4-10(5-3-1)11-6-8-12-9-7-11/h1-4H,5-9H2. The summed E-state index contributed by atoms with van der Waals surface area (Å²) in [5.41, 5.74) is 0. The first kappa shape index (κ1) is 8.02. The highest BCUT2D eigenvalue weighted by Gasteiger charge is 2.18. The molecular weight excluding hydrogens is 150 g/mol. The molecule has 0 bridgehead atoms. The molecule has 2 aliphatic rings. The van der Waals surface area contributed by atoms with Crippen LogP contribution in [0, 0.1) is 6.04 Å². The molecule has 0 aromatic rings. The number of allylic oxidation sites excluding steroid dienone is 2. The van der Waals surface area contributed by atoms with Gasteiger partial charge < -0.3 is 4.74 Å². The molecule has 2 heteroatoms. The molecular formula is C10H14NO. The predicted octanol–water partition coefficient (Wildman–Crippen LogP) is 1.37. The van der Waals surface area contributed by atoms with E-state index in [0.717, 1.165) is 32.7 Å². The highest BCUT2D eigenvalue weighted by molar-refractivity contribution is 5.23. The third-order valence-corrected chi connectivity index (χ3v) is 2.28. The Morgan fingerprint density at radius 2 is 2.00 bits per heavy atom. The molecule has 2 nitrogen and oxygen atoms in total. The monoisotopic (exact) mass is 164 g/mol. The van der Waals surface area contributed by atoms with Gasteiger partial charge in [0.15, 0.2) is 0 Å². The molecule has 12 heavy (non-hydrogen) atoms. The Kier molecular flexibility index (Phi) is 2.59. The molecule has 0 atom stereocenters. The lowest BCUT2D eigenvalue weighted by molar-refractivity contribution is 0.0440. The average Bonchev–Trinajstić information content (AvgIpc) is 2.21. The zero-order valence-electron chi connectivity index (χ0n) is 7.20. The van der Waals surface area contributed by atoms with E-state index in [2.05, 4.69) is 29.2 Å². The average molecular weight is 164 g/mol. The molecule has 2 rings (SSSR count). The van der Waals surface area contributed by atoms with Gasteiger partial charge in [-0.25, -0.2) is 0 Å². The van der Waals surface area contributed by atoms with Crippen molar-refractivity contribution in [3.05, 3.63) is 30.3 Å². The van der Waals surface area contributed by atoms with Crippen LogP contribution in [0.2, 0.25) is 0 Å². The summed E-state index contributed by atoms with van der Waals surface area (Å²) in [6.45, 7) is 3.85. The first-order chi connectivity index (χ1) is 5.97. The Bertz CT molecular complexity index is 192. The van der Waals surface area contributed by atoms with Crippen LogP contribution in [0.15, 0.2) is 24.3 Å². The van der Waals surface area contributed by atoms with Gasteiger partial charge in [-0.1, -0.05) is 24.3 Å². The Morgan fingerprint density at radius 3 is 2.67 bits per heavy atom. The number of hydrogen-bond donors (Lipinski definition) is 0. The van der Waals surface area contributed by atoms with E-state index in [-0.39, 0.29) is 0 Å². The lowest BCUT2D eigenvalue weighted by atomic mass is 10.1. The van der Waals surface area contributed by atoms with Gasteiger partial charge in [0.1, 0.15) is 0 Å². The van der Waals surface area contributed by atoms with E-state index in [9.17, 15) is 0 Å². The number of rotatable bonds is 1. The highest BCUT2D eigenvalue weighted by atomic mass is 16.5. The fourth-order valence-electron chi connectivity index (χ4n) is 1.59. The lowest BCUT2D eigenvalue weighted by Gasteiger charge is -2.32. The van der Waals surface area contributed by atoms with E-state index in [0.29, 0.717) is 0 Å². The van der Waals surface area contributed by atoms with Crippen molar-refractivity contribution in [3.8, 4) is 0 Å². The van der Waals surface area contributed by atoms with Crippen LogP contribution in [0.1, 0.15) is 6.42 Å². The second-order valence-corrected chi connectivity index (χ2v) is 3.08. The second kappa shape index (κ2) is 3.87. The molecule has 0 saturated carbocycles. The van der Waals surface area contributed by atoms with E-state index in [1.165, 1.54) is 6.04 Å². The van der Waals surface area contributed by atoms with E-state index < -0.39 is 0 Å². The topological polar surface area (TPSA) is 12.5 Å². The maximum Gasteiger partial charge on any atom is 0.0655 e. The predicted molar refractivity (Wildman–Crippen MR) is 48.5 cm³/mol. The van der Waals surface area contributed by atoms with Gasteiger partial charge in [-0.3, -0.25) is 4.90 Å². The maximum atomic E-state index is 5.29. The van der Waals surface area contributed by atoms with Gasteiger partial charge >= 0.3 is 0 Å². The molecule has 0 aromatic carbocycles. The van der Waals surface area contributed by atoms with Gasteiger partial charge in [0, 0.05) is 13.1 Å². The molecule has 0 N–H and O–H groups in total. The molecule has 0 unspecified atom stereocenters. The fraction of sp³-hybridized carbons (Fsp3) is 0.500. The summed E-state index contributed by atoms with van der Waals surface area (Å²) in [5.74, 6) is 0.